The van der Waals surface area contributed by atoms with Crippen molar-refractivity contribution >= 4 is 28.3 Å². The van der Waals surface area contributed by atoms with Gasteiger partial charge in [-0.3, -0.25) is 4.98 Å². The molecule has 3 rings (SSSR count). The largest absolute Gasteiger partial charge is 0.369 e. The van der Waals surface area contributed by atoms with Gasteiger partial charge in [-0.2, -0.15) is 0 Å². The summed E-state index contributed by atoms with van der Waals surface area (Å²) in [6, 6.07) is 13.9. The van der Waals surface area contributed by atoms with Crippen molar-refractivity contribution in [1.29, 1.82) is 0 Å². The monoisotopic (exact) mass is 297 g/mol. The number of benzene rings is 1. The first-order valence-corrected chi connectivity index (χ1v) is 7.31. The number of anilines is 1. The van der Waals surface area contributed by atoms with Gasteiger partial charge in [-0.25, -0.2) is 4.98 Å². The van der Waals surface area contributed by atoms with Crippen molar-refractivity contribution in [2.75, 3.05) is 11.9 Å². The van der Waals surface area contributed by atoms with E-state index < -0.39 is 0 Å². The minimum Gasteiger partial charge on any atom is -0.369 e. The molecule has 1 atom stereocenters. The number of rotatable bonds is 4. The normalized spacial score (nSPS) is 12.3. The first-order chi connectivity index (χ1) is 10.2. The van der Waals surface area contributed by atoms with Crippen LogP contribution in [0.25, 0.3) is 10.9 Å². The Balaban J connectivity index is 1.75. The molecule has 0 aliphatic heterocycles. The Morgan fingerprint density at radius 1 is 1.10 bits per heavy atom. The topological polar surface area (TPSA) is 37.8 Å². The highest BCUT2D eigenvalue weighted by atomic mass is 35.5. The molecule has 2 heterocycles. The third-order valence-corrected chi connectivity index (χ3v) is 3.84. The zero-order valence-corrected chi connectivity index (χ0v) is 12.5. The molecule has 0 aliphatic carbocycles. The Morgan fingerprint density at radius 3 is 2.71 bits per heavy atom. The lowest BCUT2D eigenvalue weighted by atomic mass is 10.0. The van der Waals surface area contributed by atoms with Crippen molar-refractivity contribution in [3.63, 3.8) is 0 Å². The molecule has 1 unspecified atom stereocenters. The molecule has 3 aromatic rings. The Labute approximate surface area is 129 Å². The van der Waals surface area contributed by atoms with Gasteiger partial charge in [-0.15, -0.1) is 0 Å². The SMILES string of the molecule is CC(CNc1ccc2cccc(Cl)c2n1)c1ccncc1. The molecule has 0 bridgehead atoms. The Bertz CT molecular complexity index is 743. The van der Waals surface area contributed by atoms with Crippen LogP contribution in [0.1, 0.15) is 18.4 Å². The predicted octanol–water partition coefficient (Wildman–Crippen LogP) is 4.50. The molecule has 1 aromatic carbocycles. The zero-order valence-electron chi connectivity index (χ0n) is 11.8. The average molecular weight is 298 g/mol. The highest BCUT2D eigenvalue weighted by molar-refractivity contribution is 6.35. The van der Waals surface area contributed by atoms with Gasteiger partial charge in [-0.1, -0.05) is 30.7 Å². The van der Waals surface area contributed by atoms with Crippen molar-refractivity contribution in [2.45, 2.75) is 12.8 Å². The number of halogens is 1. The molecule has 0 radical (unpaired) electrons. The van der Waals surface area contributed by atoms with Crippen LogP contribution in [0.2, 0.25) is 5.02 Å². The summed E-state index contributed by atoms with van der Waals surface area (Å²) in [7, 11) is 0. The first-order valence-electron chi connectivity index (χ1n) is 6.93. The number of hydrogen-bond acceptors (Lipinski definition) is 3. The van der Waals surface area contributed by atoms with Gasteiger partial charge in [-0.05, 0) is 41.8 Å². The summed E-state index contributed by atoms with van der Waals surface area (Å²) < 4.78 is 0. The van der Waals surface area contributed by atoms with Gasteiger partial charge < -0.3 is 5.32 Å². The van der Waals surface area contributed by atoms with Gasteiger partial charge in [0.15, 0.2) is 0 Å². The molecule has 0 amide bonds. The van der Waals surface area contributed by atoms with E-state index in [2.05, 4.69) is 22.2 Å². The third kappa shape index (κ3) is 3.14. The second kappa shape index (κ2) is 6.10. The van der Waals surface area contributed by atoms with Gasteiger partial charge in [0.2, 0.25) is 0 Å². The van der Waals surface area contributed by atoms with Gasteiger partial charge in [0, 0.05) is 24.3 Å². The van der Waals surface area contributed by atoms with Crippen molar-refractivity contribution in [2.24, 2.45) is 0 Å². The number of para-hydroxylation sites is 1. The van der Waals surface area contributed by atoms with E-state index in [0.29, 0.717) is 10.9 Å². The first kappa shape index (κ1) is 13.8. The molecule has 106 valence electrons. The second-order valence-electron chi connectivity index (χ2n) is 5.07. The maximum atomic E-state index is 6.19. The summed E-state index contributed by atoms with van der Waals surface area (Å²) in [5.41, 5.74) is 2.09. The van der Waals surface area contributed by atoms with Crippen LogP contribution in [-0.4, -0.2) is 16.5 Å². The number of fused-ring (bicyclic) bond motifs is 1. The van der Waals surface area contributed by atoms with Crippen molar-refractivity contribution in [3.05, 3.63) is 65.4 Å². The van der Waals surface area contributed by atoms with E-state index in [0.717, 1.165) is 23.3 Å². The van der Waals surface area contributed by atoms with E-state index in [1.165, 1.54) is 5.56 Å². The molecule has 0 saturated heterocycles. The maximum absolute atomic E-state index is 6.19. The molecule has 1 N–H and O–H groups in total. The molecule has 4 heteroatoms. The highest BCUT2D eigenvalue weighted by Crippen LogP contribution is 2.23. The fraction of sp³-hybridized carbons (Fsp3) is 0.176. The molecule has 0 fully saturated rings. The summed E-state index contributed by atoms with van der Waals surface area (Å²) in [5, 5.41) is 5.10. The minimum absolute atomic E-state index is 0.386. The van der Waals surface area contributed by atoms with E-state index >= 15 is 0 Å². The molecular weight excluding hydrogens is 282 g/mol. The summed E-state index contributed by atoms with van der Waals surface area (Å²) in [4.78, 5) is 8.63. The van der Waals surface area contributed by atoms with Gasteiger partial charge in [0.05, 0.1) is 10.5 Å². The molecule has 3 nitrogen and oxygen atoms in total. The van der Waals surface area contributed by atoms with Crippen LogP contribution in [0, 0.1) is 0 Å². The van der Waals surface area contributed by atoms with Gasteiger partial charge in [0.1, 0.15) is 5.82 Å². The molecule has 0 spiro atoms. The van der Waals surface area contributed by atoms with Crippen LogP contribution in [-0.2, 0) is 0 Å². The summed E-state index contributed by atoms with van der Waals surface area (Å²) in [6.45, 7) is 2.99. The molecule has 2 aromatic heterocycles. The second-order valence-corrected chi connectivity index (χ2v) is 5.48. The van der Waals surface area contributed by atoms with E-state index in [1.807, 2.05) is 54.9 Å². The van der Waals surface area contributed by atoms with Crippen molar-refractivity contribution in [1.82, 2.24) is 9.97 Å². The van der Waals surface area contributed by atoms with Crippen molar-refractivity contribution < 1.29 is 0 Å². The predicted molar refractivity (Wildman–Crippen MR) is 87.9 cm³/mol. The smallest absolute Gasteiger partial charge is 0.126 e. The van der Waals surface area contributed by atoms with E-state index in [1.54, 1.807) is 0 Å². The summed E-state index contributed by atoms with van der Waals surface area (Å²) in [6.07, 6.45) is 3.64. The molecule has 0 aliphatic rings. The lowest BCUT2D eigenvalue weighted by Crippen LogP contribution is -2.10. The van der Waals surface area contributed by atoms with Crippen LogP contribution < -0.4 is 5.32 Å². The fourth-order valence-corrected chi connectivity index (χ4v) is 2.50. The quantitative estimate of drug-likeness (QED) is 0.770. The van der Waals surface area contributed by atoms with Crippen LogP contribution in [0.3, 0.4) is 0 Å². The van der Waals surface area contributed by atoms with Crippen LogP contribution in [0.5, 0.6) is 0 Å². The number of hydrogen-bond donors (Lipinski definition) is 1. The number of aromatic nitrogens is 2. The molecule has 21 heavy (non-hydrogen) atoms. The third-order valence-electron chi connectivity index (χ3n) is 3.54. The Kier molecular flexibility index (Phi) is 4.02. The standard InChI is InChI=1S/C17H16ClN3/c1-12(13-7-9-19-10-8-13)11-20-16-6-5-14-3-2-4-15(18)17(14)21-16/h2-10,12H,11H2,1H3,(H,20,21). The zero-order chi connectivity index (χ0) is 14.7. The van der Waals surface area contributed by atoms with Crippen LogP contribution in [0.4, 0.5) is 5.82 Å². The Morgan fingerprint density at radius 2 is 1.90 bits per heavy atom. The van der Waals surface area contributed by atoms with E-state index in [4.69, 9.17) is 11.6 Å². The van der Waals surface area contributed by atoms with Crippen LogP contribution in [0.15, 0.2) is 54.9 Å². The number of nitrogens with one attached hydrogen (secondary N) is 1. The maximum Gasteiger partial charge on any atom is 0.126 e. The lowest BCUT2D eigenvalue weighted by molar-refractivity contribution is 0.800. The van der Waals surface area contributed by atoms with Gasteiger partial charge in [0.25, 0.3) is 0 Å². The Hall–Kier alpha value is -2.13. The van der Waals surface area contributed by atoms with Crippen molar-refractivity contribution in [3.8, 4) is 0 Å². The lowest BCUT2D eigenvalue weighted by Gasteiger charge is -2.13. The number of pyridine rings is 2. The molecule has 0 saturated carbocycles. The van der Waals surface area contributed by atoms with Crippen LogP contribution >= 0.6 is 11.6 Å². The molecular formula is C17H16ClN3. The average Bonchev–Trinajstić information content (AvgIpc) is 2.54. The summed E-state index contributed by atoms with van der Waals surface area (Å²) >= 11 is 6.19. The fourth-order valence-electron chi connectivity index (χ4n) is 2.28. The highest BCUT2D eigenvalue weighted by Gasteiger charge is 2.06. The summed E-state index contributed by atoms with van der Waals surface area (Å²) in [5.74, 6) is 1.23. The van der Waals surface area contributed by atoms with E-state index in [-0.39, 0.29) is 0 Å². The van der Waals surface area contributed by atoms with E-state index in [9.17, 15) is 0 Å². The number of nitrogens with zero attached hydrogens (tertiary/aromatic N) is 2. The minimum atomic E-state index is 0.386. The van der Waals surface area contributed by atoms with Gasteiger partial charge >= 0.3 is 0 Å².